The van der Waals surface area contributed by atoms with E-state index in [4.69, 9.17) is 42.6 Å². The number of aliphatic hydroxyl groups is 6. The first-order valence-corrected chi connectivity index (χ1v) is 21.1. The Morgan fingerprint density at radius 1 is 0.417 bits per heavy atom. The molecule has 346 valence electrons. The van der Waals surface area contributed by atoms with E-state index in [1.54, 1.807) is 6.07 Å². The number of benzene rings is 2. The van der Waals surface area contributed by atoms with E-state index in [9.17, 15) is 35.4 Å². The van der Waals surface area contributed by atoms with Crippen LogP contribution < -0.4 is 0 Å². The van der Waals surface area contributed by atoms with Gasteiger partial charge in [-0.2, -0.15) is 0 Å². The van der Waals surface area contributed by atoms with Gasteiger partial charge < -0.3 is 73.3 Å². The number of carbonyl (C=O) groups is 1. The maximum atomic E-state index is 13.0. The maximum absolute atomic E-state index is 13.0. The summed E-state index contributed by atoms with van der Waals surface area (Å²) in [4.78, 5) is 13.0. The molecular weight excluding hydrogens is 784 g/mol. The van der Waals surface area contributed by atoms with Crippen molar-refractivity contribution in [2.75, 3.05) is 152 Å². The van der Waals surface area contributed by atoms with Crippen LogP contribution in [0.1, 0.15) is 50.4 Å². The van der Waals surface area contributed by atoms with E-state index in [-0.39, 0.29) is 152 Å². The van der Waals surface area contributed by atoms with Gasteiger partial charge in [-0.1, -0.05) is 57.2 Å². The summed E-state index contributed by atoms with van der Waals surface area (Å²) in [6.07, 6.45) is 1.66. The Kier molecular flexibility index (Phi) is 27.4. The summed E-state index contributed by atoms with van der Waals surface area (Å²) in [6, 6.07) is 13.1. The van der Waals surface area contributed by atoms with Gasteiger partial charge in [0.05, 0.1) is 156 Å². The van der Waals surface area contributed by atoms with Crippen LogP contribution in [0.15, 0.2) is 42.5 Å². The Hall–Kier alpha value is -2.39. The molecule has 2 aromatic rings. The Balaban J connectivity index is 2.07. The number of hydrogen-bond acceptors (Lipinski definition) is 16. The molecule has 16 heteroatoms. The van der Waals surface area contributed by atoms with Gasteiger partial charge in [-0.3, -0.25) is 0 Å². The van der Waals surface area contributed by atoms with Crippen LogP contribution in [0, 0.1) is 21.7 Å². The Bertz CT molecular complexity index is 1320. The predicted octanol–water partition coefficient (Wildman–Crippen LogP) is 2.26. The molecule has 0 amide bonds. The third kappa shape index (κ3) is 18.5. The highest BCUT2D eigenvalue weighted by molar-refractivity contribution is 6.04. The van der Waals surface area contributed by atoms with Crippen LogP contribution in [0.3, 0.4) is 0 Å². The molecule has 0 saturated heterocycles. The van der Waals surface area contributed by atoms with Crippen molar-refractivity contribution in [3.05, 3.63) is 48.0 Å². The molecule has 2 rings (SSSR count). The molecule has 0 fully saturated rings. The van der Waals surface area contributed by atoms with Gasteiger partial charge in [-0.05, 0) is 36.1 Å². The predicted molar refractivity (Wildman–Crippen MR) is 224 cm³/mol. The van der Waals surface area contributed by atoms with Crippen molar-refractivity contribution in [3.8, 4) is 0 Å². The summed E-state index contributed by atoms with van der Waals surface area (Å²) < 4.78 is 52.9. The average Bonchev–Trinajstić information content (AvgIpc) is 3.29. The van der Waals surface area contributed by atoms with E-state index in [0.29, 0.717) is 24.8 Å². The topological polar surface area (TPSA) is 222 Å². The zero-order chi connectivity index (χ0) is 44.0. The minimum atomic E-state index is -0.854. The highest BCUT2D eigenvalue weighted by Gasteiger charge is 2.34. The van der Waals surface area contributed by atoms with Crippen LogP contribution in [-0.4, -0.2) is 189 Å². The molecule has 0 aliphatic heterocycles. The highest BCUT2D eigenvalue weighted by Crippen LogP contribution is 2.25. The third-order valence-electron chi connectivity index (χ3n) is 11.1. The zero-order valence-corrected chi connectivity index (χ0v) is 36.2. The molecule has 0 aliphatic rings. The first kappa shape index (κ1) is 53.7. The molecule has 0 radical (unpaired) electrons. The van der Waals surface area contributed by atoms with E-state index in [1.807, 2.05) is 57.2 Å². The number of carbonyl (C=O) groups excluding carboxylic acids is 1. The van der Waals surface area contributed by atoms with Gasteiger partial charge >= 0.3 is 5.97 Å². The number of aliphatic hydroxyl groups excluding tert-OH is 6. The summed E-state index contributed by atoms with van der Waals surface area (Å²) >= 11 is 0. The molecule has 0 unspecified atom stereocenters. The van der Waals surface area contributed by atoms with Gasteiger partial charge in [0.25, 0.3) is 0 Å². The van der Waals surface area contributed by atoms with E-state index >= 15 is 0 Å². The Morgan fingerprint density at radius 2 is 0.733 bits per heavy atom. The fourth-order valence-corrected chi connectivity index (χ4v) is 5.92. The van der Waals surface area contributed by atoms with Gasteiger partial charge in [0.15, 0.2) is 0 Å². The van der Waals surface area contributed by atoms with Gasteiger partial charge in [-0.15, -0.1) is 0 Å². The summed E-state index contributed by atoms with van der Waals surface area (Å²) in [7, 11) is 0. The van der Waals surface area contributed by atoms with Crippen molar-refractivity contribution in [3.63, 3.8) is 0 Å². The van der Waals surface area contributed by atoms with E-state index in [2.05, 4.69) is 0 Å². The van der Waals surface area contributed by atoms with Crippen molar-refractivity contribution in [1.29, 1.82) is 0 Å². The fourth-order valence-electron chi connectivity index (χ4n) is 5.92. The smallest absolute Gasteiger partial charge is 0.338 e. The maximum Gasteiger partial charge on any atom is 0.338 e. The van der Waals surface area contributed by atoms with Gasteiger partial charge in [-0.25, -0.2) is 4.79 Å². The van der Waals surface area contributed by atoms with E-state index in [1.165, 1.54) is 0 Å². The molecule has 0 spiro atoms. The molecule has 0 bridgehead atoms. The number of ether oxygens (including phenoxy) is 9. The zero-order valence-electron chi connectivity index (χ0n) is 36.2. The summed E-state index contributed by atoms with van der Waals surface area (Å²) in [5.41, 5.74) is -2.56. The van der Waals surface area contributed by atoms with E-state index in [0.717, 1.165) is 10.8 Å². The molecule has 0 atom stereocenters. The third-order valence-corrected chi connectivity index (χ3v) is 11.1. The fraction of sp³-hybridized carbons (Fsp3) is 0.750. The summed E-state index contributed by atoms with van der Waals surface area (Å²) in [6.45, 7) is 7.43. The van der Waals surface area contributed by atoms with Crippen LogP contribution in [0.5, 0.6) is 0 Å². The summed E-state index contributed by atoms with van der Waals surface area (Å²) in [5.74, 6) is -0.461. The molecule has 16 nitrogen and oxygen atoms in total. The highest BCUT2D eigenvalue weighted by atomic mass is 16.6. The van der Waals surface area contributed by atoms with Crippen LogP contribution in [0.2, 0.25) is 0 Å². The SMILES string of the molecule is CCC(CO)(CO)COCCOCCOCC(COCCOCC(CC)(CO)CO)(COCCOCC(CC)(CO)CO)COCCOC(=O)c1cccc2ccccc12. The van der Waals surface area contributed by atoms with Crippen molar-refractivity contribution < 1.29 is 78.1 Å². The second-order valence-corrected chi connectivity index (χ2v) is 15.7. The largest absolute Gasteiger partial charge is 0.460 e. The second kappa shape index (κ2) is 30.6. The van der Waals surface area contributed by atoms with Gasteiger partial charge in [0, 0.05) is 16.2 Å². The molecule has 0 saturated carbocycles. The quantitative estimate of drug-likeness (QED) is 0.0419. The number of hydrogen-bond donors (Lipinski definition) is 6. The first-order chi connectivity index (χ1) is 29.1. The Labute approximate surface area is 355 Å². The first-order valence-electron chi connectivity index (χ1n) is 21.1. The Morgan fingerprint density at radius 3 is 1.10 bits per heavy atom. The summed E-state index contributed by atoms with van der Waals surface area (Å²) in [5, 5.41) is 60.1. The van der Waals surface area contributed by atoms with Gasteiger partial charge in [0.1, 0.15) is 6.61 Å². The monoisotopic (exact) mass is 858 g/mol. The lowest BCUT2D eigenvalue weighted by Gasteiger charge is -2.33. The molecule has 0 heterocycles. The van der Waals surface area contributed by atoms with Crippen LogP contribution in [-0.2, 0) is 42.6 Å². The molecule has 60 heavy (non-hydrogen) atoms. The van der Waals surface area contributed by atoms with Crippen molar-refractivity contribution in [2.24, 2.45) is 21.7 Å². The standard InChI is InChI=1S/C44H74O16/c1-4-41(24-45,25-46)30-53-16-14-52-15-17-56-33-44(34-57-20-18-54-31-42(5-2,26-47)27-48,35-58-21-19-55-32-43(6-3,28-49)29-50)36-59-22-23-60-40(51)39-13-9-11-37-10-7-8-12-38(37)39/h7-13,45-50H,4-6,14-36H2,1-3H3. The molecular formula is C44H74O16. The minimum absolute atomic E-state index is 0.00192. The van der Waals surface area contributed by atoms with Crippen molar-refractivity contribution >= 4 is 16.7 Å². The van der Waals surface area contributed by atoms with Crippen LogP contribution >= 0.6 is 0 Å². The molecule has 0 aromatic heterocycles. The molecule has 2 aromatic carbocycles. The molecule has 0 aliphatic carbocycles. The van der Waals surface area contributed by atoms with E-state index < -0.39 is 27.6 Å². The van der Waals surface area contributed by atoms with Crippen molar-refractivity contribution in [1.82, 2.24) is 0 Å². The second-order valence-electron chi connectivity index (χ2n) is 15.7. The lowest BCUT2D eigenvalue weighted by atomic mass is 9.88. The van der Waals surface area contributed by atoms with Gasteiger partial charge in [0.2, 0.25) is 0 Å². The van der Waals surface area contributed by atoms with Crippen LogP contribution in [0.4, 0.5) is 0 Å². The molecule has 6 N–H and O–H groups in total. The lowest BCUT2D eigenvalue weighted by Crippen LogP contribution is -2.43. The normalized spacial score (nSPS) is 12.8. The number of rotatable bonds is 39. The number of esters is 1. The average molecular weight is 859 g/mol. The lowest BCUT2D eigenvalue weighted by molar-refractivity contribution is -0.125. The van der Waals surface area contributed by atoms with Crippen LogP contribution in [0.25, 0.3) is 10.8 Å². The van der Waals surface area contributed by atoms with Crippen molar-refractivity contribution in [2.45, 2.75) is 40.0 Å². The minimum Gasteiger partial charge on any atom is -0.460 e. The number of fused-ring (bicyclic) bond motifs is 1.